The summed E-state index contributed by atoms with van der Waals surface area (Å²) < 4.78 is 2.01. The lowest BCUT2D eigenvalue weighted by Gasteiger charge is -2.05. The van der Waals surface area contributed by atoms with Gasteiger partial charge in [-0.3, -0.25) is 0 Å². The van der Waals surface area contributed by atoms with E-state index in [0.717, 1.165) is 20.3 Å². The monoisotopic (exact) mass is 366 g/mol. The largest absolute Gasteiger partial charge is 0.348 e. The molecule has 0 aliphatic rings. The Bertz CT molecular complexity index is 1150. The van der Waals surface area contributed by atoms with Crippen molar-refractivity contribution in [3.63, 3.8) is 0 Å². The maximum Gasteiger partial charge on any atom is 0.348 e. The average Bonchev–Trinajstić information content (AvgIpc) is 3.18. The molecule has 0 fully saturated rings. The lowest BCUT2D eigenvalue weighted by atomic mass is 10.0. The van der Waals surface area contributed by atoms with Gasteiger partial charge in [-0.05, 0) is 41.8 Å². The van der Waals surface area contributed by atoms with Gasteiger partial charge in [0.2, 0.25) is 0 Å². The van der Waals surface area contributed by atoms with Crippen molar-refractivity contribution in [3.05, 3.63) is 102 Å². The van der Waals surface area contributed by atoms with Crippen LogP contribution in [0.3, 0.4) is 0 Å². The van der Waals surface area contributed by atoms with Crippen molar-refractivity contribution in [1.82, 2.24) is 29.5 Å². The third kappa shape index (κ3) is 2.99. The molecule has 2 aromatic heterocycles. The average molecular weight is 366 g/mol. The van der Waals surface area contributed by atoms with E-state index in [1.807, 2.05) is 24.3 Å². The maximum atomic E-state index is 11.6. The molecule has 0 saturated carbocycles. The van der Waals surface area contributed by atoms with E-state index in [9.17, 15) is 19.2 Å². The number of aromatic nitrogens is 6. The standard InChI is InChI=1S/C17H14N6O4/c24-14-18-19-15(25)22(14)12-5-1-10(2-6-12)9-11-3-7-13(8-4-11)23-16(26)20-21-17(23)27/h1-8H,9H2,(H,18,24)(H,19,25)(H,20,26)(H,21,27). The van der Waals surface area contributed by atoms with Crippen molar-refractivity contribution in [3.8, 4) is 11.4 Å². The summed E-state index contributed by atoms with van der Waals surface area (Å²) in [5, 5.41) is 8.93. The molecular weight excluding hydrogens is 352 g/mol. The van der Waals surface area contributed by atoms with E-state index in [0.29, 0.717) is 17.8 Å². The molecule has 0 unspecified atom stereocenters. The molecule has 0 aliphatic heterocycles. The molecule has 10 heteroatoms. The Balaban J connectivity index is 1.56. The molecule has 0 bridgehead atoms. The van der Waals surface area contributed by atoms with Crippen LogP contribution in [0.15, 0.2) is 67.7 Å². The van der Waals surface area contributed by atoms with Crippen LogP contribution in [0.1, 0.15) is 11.1 Å². The van der Waals surface area contributed by atoms with Gasteiger partial charge in [0.15, 0.2) is 0 Å². The van der Waals surface area contributed by atoms with Crippen LogP contribution in [0.4, 0.5) is 0 Å². The predicted octanol–water partition coefficient (Wildman–Crippen LogP) is -0.388. The van der Waals surface area contributed by atoms with Crippen LogP contribution in [0, 0.1) is 0 Å². The molecule has 4 aromatic rings. The first-order valence-corrected chi connectivity index (χ1v) is 8.01. The first kappa shape index (κ1) is 16.4. The van der Waals surface area contributed by atoms with Crippen molar-refractivity contribution < 1.29 is 0 Å². The quantitative estimate of drug-likeness (QED) is 0.390. The molecule has 0 saturated heterocycles. The van der Waals surface area contributed by atoms with Crippen LogP contribution in [0.25, 0.3) is 11.4 Å². The number of rotatable bonds is 4. The lowest BCUT2D eigenvalue weighted by molar-refractivity contribution is 0.947. The van der Waals surface area contributed by atoms with E-state index in [1.165, 1.54) is 0 Å². The van der Waals surface area contributed by atoms with Gasteiger partial charge in [-0.15, -0.1) is 0 Å². The number of hydrogen-bond acceptors (Lipinski definition) is 4. The fraction of sp³-hybridized carbons (Fsp3) is 0.0588. The van der Waals surface area contributed by atoms with Gasteiger partial charge in [-0.1, -0.05) is 24.3 Å². The van der Waals surface area contributed by atoms with E-state index >= 15 is 0 Å². The summed E-state index contributed by atoms with van der Waals surface area (Å²) in [4.78, 5) is 46.5. The highest BCUT2D eigenvalue weighted by Crippen LogP contribution is 2.13. The summed E-state index contributed by atoms with van der Waals surface area (Å²) in [5.74, 6) is 0. The number of nitrogens with zero attached hydrogens (tertiary/aromatic N) is 2. The Labute approximate surface area is 149 Å². The molecule has 27 heavy (non-hydrogen) atoms. The summed E-state index contributed by atoms with van der Waals surface area (Å²) in [7, 11) is 0. The number of hydrogen-bond donors (Lipinski definition) is 4. The first-order valence-electron chi connectivity index (χ1n) is 8.01. The minimum atomic E-state index is -0.529. The highest BCUT2D eigenvalue weighted by Gasteiger charge is 2.07. The molecule has 0 aliphatic carbocycles. The third-order valence-corrected chi connectivity index (χ3v) is 4.16. The molecular formula is C17H14N6O4. The van der Waals surface area contributed by atoms with Gasteiger partial charge in [0.1, 0.15) is 0 Å². The summed E-state index contributed by atoms with van der Waals surface area (Å²) in [6.07, 6.45) is 0.608. The van der Waals surface area contributed by atoms with Crippen LogP contribution in [0.2, 0.25) is 0 Å². The van der Waals surface area contributed by atoms with Gasteiger partial charge in [-0.2, -0.15) is 0 Å². The van der Waals surface area contributed by atoms with Crippen LogP contribution in [0.5, 0.6) is 0 Å². The van der Waals surface area contributed by atoms with Gasteiger partial charge in [0.05, 0.1) is 11.4 Å². The molecule has 4 rings (SSSR count). The molecule has 0 amide bonds. The predicted molar refractivity (Wildman–Crippen MR) is 96.8 cm³/mol. The summed E-state index contributed by atoms with van der Waals surface area (Å²) in [6.45, 7) is 0. The Morgan fingerprint density at radius 1 is 0.519 bits per heavy atom. The van der Waals surface area contributed by atoms with Crippen LogP contribution < -0.4 is 22.8 Å². The van der Waals surface area contributed by atoms with E-state index in [-0.39, 0.29) is 0 Å². The Kier molecular flexibility index (Phi) is 3.84. The van der Waals surface area contributed by atoms with E-state index in [2.05, 4.69) is 20.4 Å². The highest BCUT2D eigenvalue weighted by molar-refractivity contribution is 5.39. The Morgan fingerprint density at radius 3 is 1.11 bits per heavy atom. The molecule has 4 N–H and O–H groups in total. The first-order chi connectivity index (χ1) is 13.0. The number of H-pyrrole nitrogens is 4. The molecule has 2 heterocycles. The van der Waals surface area contributed by atoms with E-state index in [1.54, 1.807) is 24.3 Å². The van der Waals surface area contributed by atoms with Gasteiger partial charge < -0.3 is 0 Å². The molecule has 0 radical (unpaired) electrons. The van der Waals surface area contributed by atoms with Gasteiger partial charge in [-0.25, -0.2) is 48.7 Å². The van der Waals surface area contributed by atoms with Crippen molar-refractivity contribution in [2.75, 3.05) is 0 Å². The number of nitrogens with one attached hydrogen (secondary N) is 4. The SMILES string of the molecule is O=c1[nH][nH]c(=O)n1-c1ccc(Cc2ccc(-n3c(=O)[nH][nH]c3=O)cc2)cc1. The van der Waals surface area contributed by atoms with Gasteiger partial charge in [0.25, 0.3) is 0 Å². The zero-order valence-electron chi connectivity index (χ0n) is 13.9. The molecule has 2 aromatic carbocycles. The summed E-state index contributed by atoms with van der Waals surface area (Å²) >= 11 is 0. The Morgan fingerprint density at radius 2 is 0.815 bits per heavy atom. The van der Waals surface area contributed by atoms with Crippen LogP contribution >= 0.6 is 0 Å². The van der Waals surface area contributed by atoms with Gasteiger partial charge >= 0.3 is 22.8 Å². The van der Waals surface area contributed by atoms with Crippen molar-refractivity contribution in [2.45, 2.75) is 6.42 Å². The third-order valence-electron chi connectivity index (χ3n) is 4.16. The molecule has 136 valence electrons. The van der Waals surface area contributed by atoms with Crippen LogP contribution in [-0.4, -0.2) is 29.5 Å². The van der Waals surface area contributed by atoms with Crippen molar-refractivity contribution >= 4 is 0 Å². The minimum absolute atomic E-state index is 0.465. The van der Waals surface area contributed by atoms with Gasteiger partial charge in [0, 0.05) is 0 Å². The molecule has 0 atom stereocenters. The maximum absolute atomic E-state index is 11.6. The van der Waals surface area contributed by atoms with E-state index < -0.39 is 22.8 Å². The number of aromatic amines is 4. The zero-order valence-corrected chi connectivity index (χ0v) is 13.9. The second-order valence-corrected chi connectivity index (χ2v) is 5.90. The lowest BCUT2D eigenvalue weighted by Crippen LogP contribution is -2.24. The summed E-state index contributed by atoms with van der Waals surface area (Å²) in [5.41, 5.74) is 0.764. The highest BCUT2D eigenvalue weighted by atomic mass is 16.2. The topological polar surface area (TPSA) is 141 Å². The van der Waals surface area contributed by atoms with Crippen LogP contribution in [-0.2, 0) is 6.42 Å². The van der Waals surface area contributed by atoms with E-state index in [4.69, 9.17) is 0 Å². The fourth-order valence-electron chi connectivity index (χ4n) is 2.85. The molecule has 0 spiro atoms. The Hall–Kier alpha value is -4.08. The molecule has 10 nitrogen and oxygen atoms in total. The fourth-order valence-corrected chi connectivity index (χ4v) is 2.85. The second-order valence-electron chi connectivity index (χ2n) is 5.90. The second kappa shape index (κ2) is 6.33. The zero-order chi connectivity index (χ0) is 19.0. The minimum Gasteiger partial charge on any atom is -0.247 e. The normalized spacial score (nSPS) is 11.0. The van der Waals surface area contributed by atoms with Crippen molar-refractivity contribution in [1.29, 1.82) is 0 Å². The number of benzene rings is 2. The van der Waals surface area contributed by atoms with Crippen molar-refractivity contribution in [2.24, 2.45) is 0 Å². The smallest absolute Gasteiger partial charge is 0.247 e. The summed E-state index contributed by atoms with van der Waals surface area (Å²) in [6, 6.07) is 14.0.